The summed E-state index contributed by atoms with van der Waals surface area (Å²) in [6, 6.07) is 0. The van der Waals surface area contributed by atoms with Crippen LogP contribution in [0.4, 0.5) is 0 Å². The second-order valence-electron chi connectivity index (χ2n) is 3.97. The summed E-state index contributed by atoms with van der Waals surface area (Å²) < 4.78 is 5.46. The van der Waals surface area contributed by atoms with E-state index >= 15 is 0 Å². The zero-order valence-corrected chi connectivity index (χ0v) is 8.83. The number of hydrogen-bond donors (Lipinski definition) is 3. The molecule has 0 spiro atoms. The lowest BCUT2D eigenvalue weighted by molar-refractivity contribution is 0.0594. The lowest BCUT2D eigenvalue weighted by Crippen LogP contribution is -2.53. The van der Waals surface area contributed by atoms with E-state index in [1.807, 2.05) is 6.92 Å². The van der Waals surface area contributed by atoms with Gasteiger partial charge in [0.15, 0.2) is 0 Å². The van der Waals surface area contributed by atoms with Crippen molar-refractivity contribution in [3.63, 3.8) is 0 Å². The lowest BCUT2D eigenvalue weighted by atomic mass is 9.98. The maximum Gasteiger partial charge on any atom is 0.0700 e. The Hall–Kier alpha value is -0.160. The Kier molecular flexibility index (Phi) is 4.81. The molecule has 0 aromatic rings. The van der Waals surface area contributed by atoms with Gasteiger partial charge in [0.1, 0.15) is 0 Å². The average molecular weight is 203 g/mol. The Morgan fingerprint density at radius 1 is 1.43 bits per heavy atom. The van der Waals surface area contributed by atoms with Crippen molar-refractivity contribution < 1.29 is 14.9 Å². The molecule has 4 heteroatoms. The van der Waals surface area contributed by atoms with Crippen LogP contribution in [0.15, 0.2) is 0 Å². The first-order valence-corrected chi connectivity index (χ1v) is 5.34. The van der Waals surface area contributed by atoms with Crippen molar-refractivity contribution in [3.8, 4) is 0 Å². The van der Waals surface area contributed by atoms with Gasteiger partial charge in [-0.25, -0.2) is 0 Å². The number of aliphatic hydroxyl groups is 2. The fourth-order valence-electron chi connectivity index (χ4n) is 1.65. The van der Waals surface area contributed by atoms with E-state index < -0.39 is 5.54 Å². The van der Waals surface area contributed by atoms with Gasteiger partial charge in [0.05, 0.1) is 24.9 Å². The van der Waals surface area contributed by atoms with Gasteiger partial charge in [-0.05, 0) is 19.3 Å². The van der Waals surface area contributed by atoms with Gasteiger partial charge in [-0.15, -0.1) is 0 Å². The zero-order valence-electron chi connectivity index (χ0n) is 8.83. The predicted octanol–water partition coefficient (Wildman–Crippen LogP) is -0.112. The molecule has 1 atom stereocenters. The molecular weight excluding hydrogens is 182 g/mol. The summed E-state index contributed by atoms with van der Waals surface area (Å²) in [5.74, 6) is 0. The highest BCUT2D eigenvalue weighted by atomic mass is 16.5. The molecule has 0 radical (unpaired) electrons. The van der Waals surface area contributed by atoms with Crippen LogP contribution in [0.3, 0.4) is 0 Å². The van der Waals surface area contributed by atoms with Crippen LogP contribution in [0.2, 0.25) is 0 Å². The Morgan fingerprint density at radius 3 is 2.57 bits per heavy atom. The number of rotatable bonds is 6. The molecule has 14 heavy (non-hydrogen) atoms. The summed E-state index contributed by atoms with van der Waals surface area (Å²) in [5, 5.41) is 21.6. The van der Waals surface area contributed by atoms with Crippen molar-refractivity contribution in [3.05, 3.63) is 0 Å². The lowest BCUT2D eigenvalue weighted by Gasteiger charge is -2.31. The van der Waals surface area contributed by atoms with E-state index in [1.165, 1.54) is 0 Å². The molecule has 1 rings (SSSR count). The van der Waals surface area contributed by atoms with Crippen LogP contribution < -0.4 is 5.32 Å². The summed E-state index contributed by atoms with van der Waals surface area (Å²) in [7, 11) is 0. The molecule has 0 aromatic heterocycles. The van der Waals surface area contributed by atoms with Crippen molar-refractivity contribution in [1.29, 1.82) is 0 Å². The molecule has 1 aliphatic heterocycles. The van der Waals surface area contributed by atoms with E-state index in [1.54, 1.807) is 0 Å². The van der Waals surface area contributed by atoms with E-state index in [-0.39, 0.29) is 19.3 Å². The van der Waals surface area contributed by atoms with Crippen molar-refractivity contribution in [1.82, 2.24) is 5.32 Å². The quantitative estimate of drug-likeness (QED) is 0.563. The van der Waals surface area contributed by atoms with Crippen LogP contribution in [0.5, 0.6) is 0 Å². The summed E-state index contributed by atoms with van der Waals surface area (Å²) in [4.78, 5) is 0. The molecule has 1 heterocycles. The van der Waals surface area contributed by atoms with Crippen LogP contribution in [0.1, 0.15) is 26.2 Å². The minimum Gasteiger partial charge on any atom is -0.394 e. The molecule has 1 saturated heterocycles. The van der Waals surface area contributed by atoms with Crippen LogP contribution in [0.25, 0.3) is 0 Å². The molecule has 0 saturated carbocycles. The fraction of sp³-hybridized carbons (Fsp3) is 1.00. The summed E-state index contributed by atoms with van der Waals surface area (Å²) in [6.07, 6.45) is 3.15. The van der Waals surface area contributed by atoms with Crippen LogP contribution >= 0.6 is 0 Å². The molecule has 0 aliphatic carbocycles. The third kappa shape index (κ3) is 2.92. The molecule has 1 aliphatic rings. The van der Waals surface area contributed by atoms with Crippen molar-refractivity contribution >= 4 is 0 Å². The van der Waals surface area contributed by atoms with Crippen molar-refractivity contribution in [2.24, 2.45) is 0 Å². The highest BCUT2D eigenvalue weighted by Crippen LogP contribution is 2.14. The Bertz CT molecular complexity index is 145. The molecular formula is C10H21NO3. The molecule has 0 amide bonds. The smallest absolute Gasteiger partial charge is 0.0700 e. The highest BCUT2D eigenvalue weighted by molar-refractivity contribution is 4.86. The molecule has 84 valence electrons. The minimum atomic E-state index is -0.536. The zero-order chi connectivity index (χ0) is 10.4. The van der Waals surface area contributed by atoms with Crippen LogP contribution in [-0.4, -0.2) is 48.2 Å². The number of nitrogens with one attached hydrogen (secondary N) is 1. The molecule has 0 bridgehead atoms. The Balaban J connectivity index is 2.31. The standard InChI is InChI=1S/C10H21NO3/c1-2-10(7-12,8-13)11-6-9-4-3-5-14-9/h9,11-13H,2-8H2,1H3. The number of aliphatic hydroxyl groups excluding tert-OH is 2. The van der Waals surface area contributed by atoms with Gasteiger partial charge < -0.3 is 20.3 Å². The summed E-state index contributed by atoms with van der Waals surface area (Å²) in [6.45, 7) is 3.44. The fourth-order valence-corrected chi connectivity index (χ4v) is 1.65. The predicted molar refractivity (Wildman–Crippen MR) is 54.2 cm³/mol. The van der Waals surface area contributed by atoms with Gasteiger partial charge in [0.2, 0.25) is 0 Å². The van der Waals surface area contributed by atoms with Crippen LogP contribution in [0, 0.1) is 0 Å². The highest BCUT2D eigenvalue weighted by Gasteiger charge is 2.27. The van der Waals surface area contributed by atoms with Gasteiger partial charge >= 0.3 is 0 Å². The molecule has 4 nitrogen and oxygen atoms in total. The molecule has 0 aromatic carbocycles. The van der Waals surface area contributed by atoms with Crippen molar-refractivity contribution in [2.45, 2.75) is 37.8 Å². The second-order valence-corrected chi connectivity index (χ2v) is 3.97. The van der Waals surface area contributed by atoms with E-state index in [2.05, 4.69) is 5.32 Å². The van der Waals surface area contributed by atoms with Gasteiger partial charge in [-0.2, -0.15) is 0 Å². The Morgan fingerprint density at radius 2 is 2.14 bits per heavy atom. The van der Waals surface area contributed by atoms with E-state index in [0.717, 1.165) is 26.0 Å². The van der Waals surface area contributed by atoms with E-state index in [4.69, 9.17) is 4.74 Å². The first kappa shape index (κ1) is 11.9. The maximum atomic E-state index is 9.19. The first-order chi connectivity index (χ1) is 6.76. The van der Waals surface area contributed by atoms with Gasteiger partial charge in [-0.3, -0.25) is 0 Å². The first-order valence-electron chi connectivity index (χ1n) is 5.34. The molecule has 1 unspecified atom stereocenters. The average Bonchev–Trinajstić information content (AvgIpc) is 2.74. The normalized spacial score (nSPS) is 22.9. The van der Waals surface area contributed by atoms with Crippen LogP contribution in [-0.2, 0) is 4.74 Å². The maximum absolute atomic E-state index is 9.19. The third-order valence-electron chi connectivity index (χ3n) is 3.01. The minimum absolute atomic E-state index is 0.0350. The number of ether oxygens (including phenoxy) is 1. The van der Waals surface area contributed by atoms with E-state index in [9.17, 15) is 10.2 Å². The molecule has 1 fully saturated rings. The summed E-state index contributed by atoms with van der Waals surface area (Å²) >= 11 is 0. The van der Waals surface area contributed by atoms with Gasteiger partial charge in [-0.1, -0.05) is 6.92 Å². The monoisotopic (exact) mass is 203 g/mol. The van der Waals surface area contributed by atoms with Gasteiger partial charge in [0, 0.05) is 13.2 Å². The van der Waals surface area contributed by atoms with E-state index in [0.29, 0.717) is 6.42 Å². The topological polar surface area (TPSA) is 61.7 Å². The van der Waals surface area contributed by atoms with Gasteiger partial charge in [0.25, 0.3) is 0 Å². The summed E-state index contributed by atoms with van der Waals surface area (Å²) in [5.41, 5.74) is -0.536. The SMILES string of the molecule is CCC(CO)(CO)NCC1CCCO1. The Labute approximate surface area is 85.3 Å². The second kappa shape index (κ2) is 5.66. The largest absolute Gasteiger partial charge is 0.394 e. The van der Waals surface area contributed by atoms with Crippen molar-refractivity contribution in [2.75, 3.05) is 26.4 Å². The third-order valence-corrected chi connectivity index (χ3v) is 3.01. The molecule has 3 N–H and O–H groups in total. The number of hydrogen-bond acceptors (Lipinski definition) is 4.